The van der Waals surface area contributed by atoms with Crippen LogP contribution in [0.3, 0.4) is 0 Å². The summed E-state index contributed by atoms with van der Waals surface area (Å²) in [5, 5.41) is 0. The van der Waals surface area contributed by atoms with Gasteiger partial charge in [0, 0.05) is 38.4 Å². The maximum atomic E-state index is 6.08. The van der Waals surface area contributed by atoms with E-state index in [9.17, 15) is 0 Å². The van der Waals surface area contributed by atoms with Gasteiger partial charge in [-0.1, -0.05) is 13.8 Å². The first-order valence-electron chi connectivity index (χ1n) is 8.10. The molecule has 0 aromatic carbocycles. The maximum Gasteiger partial charge on any atom is 0.0593 e. The number of nitrogens with two attached hydrogens (primary N) is 1. The van der Waals surface area contributed by atoms with E-state index in [2.05, 4.69) is 25.7 Å². The molecule has 0 amide bonds. The predicted octanol–water partition coefficient (Wildman–Crippen LogP) is 2.51. The lowest BCUT2D eigenvalue weighted by Crippen LogP contribution is -2.54. The molecule has 0 aromatic rings. The molecule has 0 bridgehead atoms. The smallest absolute Gasteiger partial charge is 0.0593 e. The highest BCUT2D eigenvalue weighted by Gasteiger charge is 2.29. The Kier molecular flexibility index (Phi) is 11.4. The zero-order valence-electron chi connectivity index (χ0n) is 14.3. The first-order chi connectivity index (χ1) is 9.50. The van der Waals surface area contributed by atoms with Gasteiger partial charge in [0.25, 0.3) is 0 Å². The molecule has 122 valence electrons. The highest BCUT2D eigenvalue weighted by atomic mass is 16.5. The zero-order chi connectivity index (χ0) is 15.4. The summed E-state index contributed by atoms with van der Waals surface area (Å²) in [6.07, 6.45) is 2.33. The summed E-state index contributed by atoms with van der Waals surface area (Å²) in [4.78, 5) is 2.45. The molecular formula is C16H36N2O2. The third kappa shape index (κ3) is 8.20. The van der Waals surface area contributed by atoms with Crippen LogP contribution in [0.1, 0.15) is 47.5 Å². The first kappa shape index (κ1) is 19.8. The summed E-state index contributed by atoms with van der Waals surface area (Å²) in [6.45, 7) is 16.5. The van der Waals surface area contributed by atoms with E-state index in [1.165, 1.54) is 6.42 Å². The molecule has 0 aliphatic carbocycles. The molecule has 0 spiro atoms. The summed E-state index contributed by atoms with van der Waals surface area (Å²) < 4.78 is 11.0. The fraction of sp³-hybridized carbons (Fsp3) is 1.00. The Bertz CT molecular complexity index is 215. The highest BCUT2D eigenvalue weighted by molar-refractivity contribution is 4.87. The maximum absolute atomic E-state index is 6.08. The van der Waals surface area contributed by atoms with Crippen LogP contribution in [-0.4, -0.2) is 56.5 Å². The van der Waals surface area contributed by atoms with Crippen molar-refractivity contribution in [3.63, 3.8) is 0 Å². The van der Waals surface area contributed by atoms with Crippen molar-refractivity contribution in [1.29, 1.82) is 0 Å². The Morgan fingerprint density at radius 2 is 1.55 bits per heavy atom. The van der Waals surface area contributed by atoms with E-state index in [4.69, 9.17) is 15.2 Å². The van der Waals surface area contributed by atoms with E-state index in [0.29, 0.717) is 12.5 Å². The van der Waals surface area contributed by atoms with Gasteiger partial charge in [0.2, 0.25) is 0 Å². The van der Waals surface area contributed by atoms with Gasteiger partial charge in [-0.3, -0.25) is 4.90 Å². The molecule has 0 radical (unpaired) electrons. The van der Waals surface area contributed by atoms with Crippen LogP contribution in [-0.2, 0) is 9.47 Å². The molecule has 0 rings (SSSR count). The number of hydrogen-bond acceptors (Lipinski definition) is 4. The summed E-state index contributed by atoms with van der Waals surface area (Å²) >= 11 is 0. The predicted molar refractivity (Wildman–Crippen MR) is 86.1 cm³/mol. The van der Waals surface area contributed by atoms with E-state index in [-0.39, 0.29) is 5.54 Å². The van der Waals surface area contributed by atoms with Crippen LogP contribution in [0.4, 0.5) is 0 Å². The van der Waals surface area contributed by atoms with E-state index >= 15 is 0 Å². The van der Waals surface area contributed by atoms with Crippen LogP contribution in [0.15, 0.2) is 0 Å². The number of hydrogen-bond donors (Lipinski definition) is 1. The topological polar surface area (TPSA) is 47.7 Å². The van der Waals surface area contributed by atoms with Crippen molar-refractivity contribution in [1.82, 2.24) is 4.90 Å². The van der Waals surface area contributed by atoms with Crippen molar-refractivity contribution in [2.45, 2.75) is 53.0 Å². The van der Waals surface area contributed by atoms with Crippen LogP contribution in [0.2, 0.25) is 0 Å². The summed E-state index contributed by atoms with van der Waals surface area (Å²) in [5.41, 5.74) is 6.12. The molecule has 0 heterocycles. The molecule has 1 atom stereocenters. The van der Waals surface area contributed by atoms with Gasteiger partial charge in [0.15, 0.2) is 0 Å². The molecule has 0 saturated carbocycles. The first-order valence-corrected chi connectivity index (χ1v) is 8.10. The van der Waals surface area contributed by atoms with Crippen LogP contribution in [0.5, 0.6) is 0 Å². The normalized spacial score (nSPS) is 15.0. The standard InChI is InChI=1S/C16H36N2O2/c1-6-19-12-10-18(11-13-20-7-2)16(5,14-17)9-8-15(3)4/h15H,6-14,17H2,1-5H3. The van der Waals surface area contributed by atoms with Gasteiger partial charge >= 0.3 is 0 Å². The third-order valence-electron chi connectivity index (χ3n) is 3.88. The Hall–Kier alpha value is -0.160. The minimum Gasteiger partial charge on any atom is -0.380 e. The van der Waals surface area contributed by atoms with Crippen LogP contribution in [0.25, 0.3) is 0 Å². The van der Waals surface area contributed by atoms with Crippen LogP contribution in [0, 0.1) is 5.92 Å². The van der Waals surface area contributed by atoms with Gasteiger partial charge in [0.1, 0.15) is 0 Å². The molecule has 4 nitrogen and oxygen atoms in total. The molecule has 0 saturated heterocycles. The Morgan fingerprint density at radius 3 is 1.90 bits per heavy atom. The van der Waals surface area contributed by atoms with Gasteiger partial charge in [0.05, 0.1) is 13.2 Å². The highest BCUT2D eigenvalue weighted by Crippen LogP contribution is 2.22. The fourth-order valence-corrected chi connectivity index (χ4v) is 2.28. The van der Waals surface area contributed by atoms with Crippen molar-refractivity contribution in [2.75, 3.05) is 46.1 Å². The zero-order valence-corrected chi connectivity index (χ0v) is 14.3. The van der Waals surface area contributed by atoms with Gasteiger partial charge in [-0.05, 0) is 39.5 Å². The lowest BCUT2D eigenvalue weighted by Gasteiger charge is -2.41. The largest absolute Gasteiger partial charge is 0.380 e. The van der Waals surface area contributed by atoms with Gasteiger partial charge < -0.3 is 15.2 Å². The second-order valence-corrected chi connectivity index (χ2v) is 6.01. The molecule has 0 aliphatic rings. The molecule has 4 heteroatoms. The number of ether oxygens (including phenoxy) is 2. The van der Waals surface area contributed by atoms with Crippen molar-refractivity contribution >= 4 is 0 Å². The molecular weight excluding hydrogens is 252 g/mol. The van der Waals surface area contributed by atoms with Crippen LogP contribution >= 0.6 is 0 Å². The van der Waals surface area contributed by atoms with E-state index in [1.54, 1.807) is 0 Å². The van der Waals surface area contributed by atoms with E-state index in [0.717, 1.165) is 45.9 Å². The SMILES string of the molecule is CCOCCN(CCOCC)C(C)(CN)CCC(C)C. The quantitative estimate of drug-likeness (QED) is 0.529. The molecule has 20 heavy (non-hydrogen) atoms. The molecule has 0 aromatic heterocycles. The van der Waals surface area contributed by atoms with Crippen LogP contribution < -0.4 is 5.73 Å². The number of nitrogens with zero attached hydrogens (tertiary/aromatic N) is 1. The summed E-state index contributed by atoms with van der Waals surface area (Å²) in [7, 11) is 0. The average molecular weight is 288 g/mol. The van der Waals surface area contributed by atoms with Gasteiger partial charge in [-0.2, -0.15) is 0 Å². The average Bonchev–Trinajstić information content (AvgIpc) is 2.43. The minimum atomic E-state index is 0.0402. The van der Waals surface area contributed by atoms with Gasteiger partial charge in [-0.15, -0.1) is 0 Å². The molecule has 1 unspecified atom stereocenters. The Labute approximate surface area is 126 Å². The second kappa shape index (κ2) is 11.5. The monoisotopic (exact) mass is 288 g/mol. The Morgan fingerprint density at radius 1 is 1.05 bits per heavy atom. The van der Waals surface area contributed by atoms with Gasteiger partial charge in [-0.25, -0.2) is 0 Å². The van der Waals surface area contributed by atoms with Crippen molar-refractivity contribution in [3.8, 4) is 0 Å². The molecule has 2 N–H and O–H groups in total. The lowest BCUT2D eigenvalue weighted by molar-refractivity contribution is 0.0242. The van der Waals surface area contributed by atoms with E-state index in [1.807, 2.05) is 13.8 Å². The molecule has 0 fully saturated rings. The minimum absolute atomic E-state index is 0.0402. The van der Waals surface area contributed by atoms with E-state index < -0.39 is 0 Å². The summed E-state index contributed by atoms with van der Waals surface area (Å²) in [6, 6.07) is 0. The van der Waals surface area contributed by atoms with Crippen molar-refractivity contribution < 1.29 is 9.47 Å². The lowest BCUT2D eigenvalue weighted by atomic mass is 9.90. The fourth-order valence-electron chi connectivity index (χ4n) is 2.28. The molecule has 0 aliphatic heterocycles. The number of rotatable bonds is 13. The van der Waals surface area contributed by atoms with Crippen molar-refractivity contribution in [2.24, 2.45) is 11.7 Å². The Balaban J connectivity index is 4.54. The summed E-state index contributed by atoms with van der Waals surface area (Å²) in [5.74, 6) is 0.710. The van der Waals surface area contributed by atoms with Crippen molar-refractivity contribution in [3.05, 3.63) is 0 Å². The second-order valence-electron chi connectivity index (χ2n) is 6.01. The third-order valence-corrected chi connectivity index (χ3v) is 3.88.